The van der Waals surface area contributed by atoms with Crippen LogP contribution in [0.15, 0.2) is 48.1 Å². The Kier molecular flexibility index (Phi) is 4.99. The fourth-order valence-corrected chi connectivity index (χ4v) is 7.49. The maximum Gasteiger partial charge on any atom is 0.289 e. The Hall–Kier alpha value is -2.65. The van der Waals surface area contributed by atoms with E-state index in [1.165, 1.54) is 7.05 Å². The van der Waals surface area contributed by atoms with E-state index in [4.69, 9.17) is 13.8 Å². The van der Waals surface area contributed by atoms with Gasteiger partial charge in [-0.1, -0.05) is 26.0 Å². The number of para-hydroxylation sites is 2. The van der Waals surface area contributed by atoms with Crippen LogP contribution in [0.1, 0.15) is 33.1 Å². The van der Waals surface area contributed by atoms with E-state index in [1.807, 2.05) is 26.0 Å². The molecule has 1 amide bonds. The molecule has 8 nitrogen and oxygen atoms in total. The summed E-state index contributed by atoms with van der Waals surface area (Å²) in [4.78, 5) is 25.6. The lowest BCUT2D eigenvalue weighted by molar-refractivity contribution is -0.147. The van der Waals surface area contributed by atoms with Crippen molar-refractivity contribution in [1.29, 1.82) is 0 Å². The van der Waals surface area contributed by atoms with E-state index in [1.54, 1.807) is 30.4 Å². The van der Waals surface area contributed by atoms with E-state index in [0.29, 0.717) is 29.4 Å². The summed E-state index contributed by atoms with van der Waals surface area (Å²) in [5.74, 6) is 0.303. The van der Waals surface area contributed by atoms with Crippen LogP contribution in [0.3, 0.4) is 0 Å². The first-order valence-corrected chi connectivity index (χ1v) is 12.7. The van der Waals surface area contributed by atoms with Crippen molar-refractivity contribution in [3.05, 3.63) is 48.1 Å². The molecule has 33 heavy (non-hydrogen) atoms. The van der Waals surface area contributed by atoms with E-state index in [2.05, 4.69) is 0 Å². The average molecular weight is 474 g/mol. The van der Waals surface area contributed by atoms with Crippen LogP contribution in [0, 0.1) is 16.7 Å². The highest BCUT2D eigenvalue weighted by Gasteiger charge is 2.65. The lowest BCUT2D eigenvalue weighted by atomic mass is 9.70. The molecule has 2 fully saturated rings. The topological polar surface area (TPSA) is 99.2 Å². The summed E-state index contributed by atoms with van der Waals surface area (Å²) < 4.78 is 42.8. The van der Waals surface area contributed by atoms with Crippen molar-refractivity contribution >= 4 is 21.8 Å². The van der Waals surface area contributed by atoms with Gasteiger partial charge in [0.05, 0.1) is 11.2 Å². The molecular weight excluding hydrogens is 446 g/mol. The van der Waals surface area contributed by atoms with Gasteiger partial charge in [0.2, 0.25) is 0 Å². The molecule has 4 aliphatic rings. The highest BCUT2D eigenvalue weighted by Crippen LogP contribution is 2.64. The van der Waals surface area contributed by atoms with Crippen molar-refractivity contribution < 1.29 is 31.8 Å². The smallest absolute Gasteiger partial charge is 0.289 e. The van der Waals surface area contributed by atoms with E-state index in [-0.39, 0.29) is 17.3 Å². The third kappa shape index (κ3) is 3.49. The Morgan fingerprint density at radius 1 is 1.18 bits per heavy atom. The standard InChI is InChI=1S/C24H27NO7S/c1-23(2)16-10-11-24(23,21(26)13-16)14-33(28,29)32-25(3)22(27)15-8-9-19-20(12-15)31-18-7-5-4-6-17(18)30-19/h4-9,12,16,19-20H,10-11,13-14H2,1-3H3. The molecule has 3 aliphatic carbocycles. The first-order valence-electron chi connectivity index (χ1n) is 11.1. The van der Waals surface area contributed by atoms with Crippen LogP contribution in [0.2, 0.25) is 0 Å². The van der Waals surface area contributed by atoms with Crippen molar-refractivity contribution in [3.63, 3.8) is 0 Å². The second-order valence-corrected chi connectivity index (χ2v) is 11.4. The number of nitrogens with zero attached hydrogens (tertiary/aromatic N) is 1. The quantitative estimate of drug-likeness (QED) is 0.607. The number of likely N-dealkylation sites (N-methyl/N-ethyl adjacent to an activating group) is 1. The minimum absolute atomic E-state index is 0.0244. The molecule has 4 atom stereocenters. The van der Waals surface area contributed by atoms with Gasteiger partial charge in [-0.15, -0.1) is 4.28 Å². The molecule has 0 saturated heterocycles. The van der Waals surface area contributed by atoms with Crippen LogP contribution >= 0.6 is 0 Å². The number of Topliss-reactive ketones (excluding diaryl/α,β-unsaturated/α-hetero) is 1. The van der Waals surface area contributed by atoms with Crippen LogP contribution in [-0.4, -0.2) is 50.2 Å². The lowest BCUT2D eigenvalue weighted by Gasteiger charge is -2.36. The fourth-order valence-electron chi connectivity index (χ4n) is 5.75. The van der Waals surface area contributed by atoms with Crippen molar-refractivity contribution in [2.24, 2.45) is 16.7 Å². The molecular formula is C24H27NO7S. The fraction of sp³-hybridized carbons (Fsp3) is 0.500. The predicted octanol–water partition coefficient (Wildman–Crippen LogP) is 2.81. The maximum absolute atomic E-state index is 12.9. The Labute approximate surface area is 193 Å². The molecule has 1 aliphatic heterocycles. The second-order valence-electron chi connectivity index (χ2n) is 9.84. The summed E-state index contributed by atoms with van der Waals surface area (Å²) in [7, 11) is -2.93. The number of hydrogen-bond donors (Lipinski definition) is 0. The highest BCUT2D eigenvalue weighted by atomic mass is 32.2. The number of benzene rings is 1. The summed E-state index contributed by atoms with van der Waals surface area (Å²) in [5, 5.41) is 0.707. The van der Waals surface area contributed by atoms with Gasteiger partial charge in [0.15, 0.2) is 23.7 Å². The molecule has 1 aromatic rings. The zero-order valence-corrected chi connectivity index (χ0v) is 19.6. The van der Waals surface area contributed by atoms with Crippen molar-refractivity contribution in [2.75, 3.05) is 12.8 Å². The van der Waals surface area contributed by atoms with Crippen LogP contribution in [0.25, 0.3) is 0 Å². The van der Waals surface area contributed by atoms with Crippen molar-refractivity contribution in [1.82, 2.24) is 5.06 Å². The minimum Gasteiger partial charge on any atom is -0.478 e. The number of amides is 1. The normalized spacial score (nSPS) is 31.2. The number of ketones is 1. The molecule has 0 radical (unpaired) electrons. The number of carbonyl (C=O) groups is 2. The first-order chi connectivity index (χ1) is 15.5. The Morgan fingerprint density at radius 3 is 2.45 bits per heavy atom. The van der Waals surface area contributed by atoms with E-state index in [9.17, 15) is 18.0 Å². The Bertz CT molecular complexity index is 1180. The molecule has 176 valence electrons. The molecule has 0 N–H and O–H groups in total. The average Bonchev–Trinajstić information content (AvgIpc) is 3.10. The highest BCUT2D eigenvalue weighted by molar-refractivity contribution is 7.86. The maximum atomic E-state index is 12.9. The largest absolute Gasteiger partial charge is 0.478 e. The SMILES string of the molecule is CN(OS(=O)(=O)CC12CCC(CC1=O)C2(C)C)C(=O)C1=CC2Oc3ccccc3OC2C=C1. The van der Waals surface area contributed by atoms with Crippen molar-refractivity contribution in [2.45, 2.75) is 45.3 Å². The molecule has 2 saturated carbocycles. The zero-order chi connectivity index (χ0) is 23.6. The van der Waals surface area contributed by atoms with Gasteiger partial charge >= 0.3 is 0 Å². The number of fused-ring (bicyclic) bond motifs is 4. The van der Waals surface area contributed by atoms with Gasteiger partial charge in [-0.05, 0) is 54.5 Å². The number of ether oxygens (including phenoxy) is 2. The Morgan fingerprint density at radius 2 is 1.85 bits per heavy atom. The van der Waals surface area contributed by atoms with Gasteiger partial charge in [0.1, 0.15) is 5.78 Å². The molecule has 0 aromatic heterocycles. The minimum atomic E-state index is -4.18. The van der Waals surface area contributed by atoms with Gasteiger partial charge in [0, 0.05) is 19.0 Å². The summed E-state index contributed by atoms with van der Waals surface area (Å²) in [6, 6.07) is 7.25. The van der Waals surface area contributed by atoms with Gasteiger partial charge in [-0.2, -0.15) is 8.42 Å². The molecule has 4 unspecified atom stereocenters. The predicted molar refractivity (Wildman–Crippen MR) is 119 cm³/mol. The molecule has 5 rings (SSSR count). The van der Waals surface area contributed by atoms with Gasteiger partial charge in [-0.25, -0.2) is 5.06 Å². The van der Waals surface area contributed by atoms with Crippen LogP contribution in [-0.2, 0) is 24.0 Å². The van der Waals surface area contributed by atoms with E-state index in [0.717, 1.165) is 6.42 Å². The molecule has 1 aromatic carbocycles. The summed E-state index contributed by atoms with van der Waals surface area (Å²) in [6.45, 7) is 3.91. The van der Waals surface area contributed by atoms with E-state index >= 15 is 0 Å². The Balaban J connectivity index is 1.29. The molecule has 1 heterocycles. The van der Waals surface area contributed by atoms with Crippen LogP contribution in [0.4, 0.5) is 0 Å². The number of carbonyl (C=O) groups excluding carboxylic acids is 2. The molecule has 2 bridgehead atoms. The summed E-state index contributed by atoms with van der Waals surface area (Å²) >= 11 is 0. The summed E-state index contributed by atoms with van der Waals surface area (Å²) in [5.41, 5.74) is -1.15. The number of hydroxylamine groups is 2. The number of hydrogen-bond acceptors (Lipinski definition) is 7. The van der Waals surface area contributed by atoms with Gasteiger partial charge < -0.3 is 9.47 Å². The molecule has 0 spiro atoms. The monoisotopic (exact) mass is 473 g/mol. The van der Waals surface area contributed by atoms with Crippen LogP contribution in [0.5, 0.6) is 11.5 Å². The van der Waals surface area contributed by atoms with Crippen LogP contribution < -0.4 is 9.47 Å². The van der Waals surface area contributed by atoms with E-state index < -0.39 is 44.8 Å². The van der Waals surface area contributed by atoms with Gasteiger partial charge in [-0.3, -0.25) is 9.59 Å². The first kappa shape index (κ1) is 22.2. The third-order valence-electron chi connectivity index (χ3n) is 7.83. The van der Waals surface area contributed by atoms with Crippen molar-refractivity contribution in [3.8, 4) is 11.5 Å². The summed E-state index contributed by atoms with van der Waals surface area (Å²) in [6.07, 6.45) is 5.71. The number of rotatable bonds is 5. The van der Waals surface area contributed by atoms with Gasteiger partial charge in [0.25, 0.3) is 16.0 Å². The third-order valence-corrected chi connectivity index (χ3v) is 9.13. The lowest BCUT2D eigenvalue weighted by Crippen LogP contribution is -2.44. The second kappa shape index (κ2) is 7.43. The zero-order valence-electron chi connectivity index (χ0n) is 18.8. The molecule has 9 heteroatoms.